The predicted molar refractivity (Wildman–Crippen MR) is 93.0 cm³/mol. The smallest absolute Gasteiger partial charge is 0.338 e. The van der Waals surface area contributed by atoms with Crippen molar-refractivity contribution in [1.29, 1.82) is 0 Å². The van der Waals surface area contributed by atoms with E-state index in [1.165, 1.54) is 6.92 Å². The van der Waals surface area contributed by atoms with Crippen molar-refractivity contribution in [3.05, 3.63) is 59.7 Å². The summed E-state index contributed by atoms with van der Waals surface area (Å²) in [5.41, 5.74) is 1.33. The van der Waals surface area contributed by atoms with Gasteiger partial charge in [0.1, 0.15) is 5.75 Å². The highest BCUT2D eigenvalue weighted by atomic mass is 16.5. The Kier molecular flexibility index (Phi) is 6.28. The number of ketones is 1. The average molecular weight is 341 g/mol. The van der Waals surface area contributed by atoms with Crippen molar-refractivity contribution in [3.8, 4) is 5.75 Å². The Morgan fingerprint density at radius 1 is 0.920 bits per heavy atom. The van der Waals surface area contributed by atoms with Gasteiger partial charge in [-0.25, -0.2) is 4.79 Å². The van der Waals surface area contributed by atoms with E-state index in [0.29, 0.717) is 29.2 Å². The van der Waals surface area contributed by atoms with Gasteiger partial charge in [-0.3, -0.25) is 9.59 Å². The van der Waals surface area contributed by atoms with Crippen LogP contribution in [0.25, 0.3) is 0 Å². The number of rotatable bonds is 7. The van der Waals surface area contributed by atoms with Gasteiger partial charge in [0, 0.05) is 18.2 Å². The number of ether oxygens (including phenoxy) is 2. The van der Waals surface area contributed by atoms with Crippen LogP contribution in [0.2, 0.25) is 0 Å². The van der Waals surface area contributed by atoms with E-state index < -0.39 is 5.97 Å². The van der Waals surface area contributed by atoms with Crippen LogP contribution in [0.4, 0.5) is 5.69 Å². The lowest BCUT2D eigenvalue weighted by molar-refractivity contribution is -0.114. The topological polar surface area (TPSA) is 81.7 Å². The van der Waals surface area contributed by atoms with E-state index in [2.05, 4.69) is 5.32 Å². The first kappa shape index (κ1) is 18.2. The molecule has 0 fully saturated rings. The Hall–Kier alpha value is -3.15. The molecule has 1 amide bonds. The van der Waals surface area contributed by atoms with Crippen molar-refractivity contribution >= 4 is 23.3 Å². The molecule has 6 heteroatoms. The molecule has 0 unspecified atom stereocenters. The number of esters is 1. The molecule has 2 aromatic carbocycles. The highest BCUT2D eigenvalue weighted by Gasteiger charge is 2.12. The average Bonchev–Trinajstić information content (AvgIpc) is 2.60. The fourth-order valence-electron chi connectivity index (χ4n) is 2.09. The van der Waals surface area contributed by atoms with Crippen LogP contribution in [-0.2, 0) is 9.53 Å². The van der Waals surface area contributed by atoms with Gasteiger partial charge < -0.3 is 14.8 Å². The number of carbonyl (C=O) groups excluding carboxylic acids is 3. The first-order chi connectivity index (χ1) is 12.0. The second kappa shape index (κ2) is 8.63. The zero-order valence-corrected chi connectivity index (χ0v) is 14.1. The third-order valence-electron chi connectivity index (χ3n) is 3.26. The first-order valence-electron chi connectivity index (χ1n) is 7.80. The molecule has 0 saturated carbocycles. The van der Waals surface area contributed by atoms with E-state index in [9.17, 15) is 14.4 Å². The Morgan fingerprint density at radius 3 is 2.08 bits per heavy atom. The Bertz CT molecular complexity index is 750. The summed E-state index contributed by atoms with van der Waals surface area (Å²) in [5.74, 6) is -0.433. The maximum absolute atomic E-state index is 12.1. The molecule has 6 nitrogen and oxygen atoms in total. The second-order valence-corrected chi connectivity index (χ2v) is 5.22. The van der Waals surface area contributed by atoms with E-state index in [1.807, 2.05) is 6.92 Å². The van der Waals surface area contributed by atoms with Crippen molar-refractivity contribution in [1.82, 2.24) is 0 Å². The lowest BCUT2D eigenvalue weighted by Gasteiger charge is -2.07. The third-order valence-corrected chi connectivity index (χ3v) is 3.26. The molecule has 2 aromatic rings. The van der Waals surface area contributed by atoms with Gasteiger partial charge in [-0.05, 0) is 55.5 Å². The van der Waals surface area contributed by atoms with Gasteiger partial charge in [0.25, 0.3) is 0 Å². The molecular formula is C19H19NO5. The fraction of sp³-hybridized carbons (Fsp3) is 0.211. The number of hydrogen-bond donors (Lipinski definition) is 1. The van der Waals surface area contributed by atoms with Crippen molar-refractivity contribution in [3.63, 3.8) is 0 Å². The minimum atomic E-state index is -0.578. The highest BCUT2D eigenvalue weighted by molar-refractivity contribution is 6.00. The summed E-state index contributed by atoms with van der Waals surface area (Å²) in [7, 11) is 0. The molecule has 0 aliphatic rings. The van der Waals surface area contributed by atoms with Gasteiger partial charge in [-0.15, -0.1) is 0 Å². The third kappa shape index (κ3) is 5.46. The van der Waals surface area contributed by atoms with E-state index in [-0.39, 0.29) is 18.3 Å². The van der Waals surface area contributed by atoms with E-state index in [4.69, 9.17) is 9.47 Å². The van der Waals surface area contributed by atoms with Gasteiger partial charge >= 0.3 is 5.97 Å². The monoisotopic (exact) mass is 341 g/mol. The predicted octanol–water partition coefficient (Wildman–Crippen LogP) is 3.08. The first-order valence-corrected chi connectivity index (χ1v) is 7.80. The molecular weight excluding hydrogens is 322 g/mol. The molecule has 0 bridgehead atoms. The summed E-state index contributed by atoms with van der Waals surface area (Å²) in [6.45, 7) is 3.46. The van der Waals surface area contributed by atoms with Crippen molar-refractivity contribution < 1.29 is 23.9 Å². The van der Waals surface area contributed by atoms with Crippen LogP contribution in [0.15, 0.2) is 48.5 Å². The van der Waals surface area contributed by atoms with Gasteiger partial charge in [0.15, 0.2) is 12.4 Å². The number of carbonyl (C=O) groups is 3. The Morgan fingerprint density at radius 2 is 1.52 bits per heavy atom. The zero-order valence-electron chi connectivity index (χ0n) is 14.1. The summed E-state index contributed by atoms with van der Waals surface area (Å²) in [5, 5.41) is 2.61. The van der Waals surface area contributed by atoms with Crippen LogP contribution >= 0.6 is 0 Å². The lowest BCUT2D eigenvalue weighted by Crippen LogP contribution is -2.14. The fourth-order valence-corrected chi connectivity index (χ4v) is 2.09. The molecule has 25 heavy (non-hydrogen) atoms. The van der Waals surface area contributed by atoms with Crippen molar-refractivity contribution in [2.45, 2.75) is 13.8 Å². The number of amides is 1. The normalized spacial score (nSPS) is 10.0. The quantitative estimate of drug-likeness (QED) is 0.618. The van der Waals surface area contributed by atoms with Crippen molar-refractivity contribution in [2.75, 3.05) is 18.5 Å². The summed E-state index contributed by atoms with van der Waals surface area (Å²) < 4.78 is 10.3. The summed E-state index contributed by atoms with van der Waals surface area (Å²) in [6, 6.07) is 12.9. The maximum atomic E-state index is 12.1. The molecule has 0 aliphatic heterocycles. The molecule has 0 aliphatic carbocycles. The van der Waals surface area contributed by atoms with Crippen LogP contribution < -0.4 is 10.1 Å². The standard InChI is InChI=1S/C19H19NO5/c1-3-24-17-10-6-15(7-11-17)19(23)25-12-18(22)14-4-8-16(9-5-14)20-13(2)21/h4-11H,3,12H2,1-2H3,(H,20,21). The van der Waals surface area contributed by atoms with Crippen LogP contribution in [-0.4, -0.2) is 30.9 Å². The molecule has 0 atom stereocenters. The molecule has 0 radical (unpaired) electrons. The molecule has 0 aromatic heterocycles. The lowest BCUT2D eigenvalue weighted by atomic mass is 10.1. The molecule has 0 saturated heterocycles. The van der Waals surface area contributed by atoms with Crippen LogP contribution in [0.1, 0.15) is 34.6 Å². The minimum Gasteiger partial charge on any atom is -0.494 e. The van der Waals surface area contributed by atoms with Crippen molar-refractivity contribution in [2.24, 2.45) is 0 Å². The number of hydrogen-bond acceptors (Lipinski definition) is 5. The largest absolute Gasteiger partial charge is 0.494 e. The SMILES string of the molecule is CCOc1ccc(C(=O)OCC(=O)c2ccc(NC(C)=O)cc2)cc1. The van der Waals surface area contributed by atoms with E-state index in [0.717, 1.165) is 0 Å². The Balaban J connectivity index is 1.90. The van der Waals surface area contributed by atoms with E-state index >= 15 is 0 Å². The number of Topliss-reactive ketones (excluding diaryl/α,β-unsaturated/α-hetero) is 1. The summed E-state index contributed by atoms with van der Waals surface area (Å²) in [6.07, 6.45) is 0. The summed E-state index contributed by atoms with van der Waals surface area (Å²) >= 11 is 0. The molecule has 1 N–H and O–H groups in total. The Labute approximate surface area is 145 Å². The molecule has 0 spiro atoms. The van der Waals surface area contributed by atoms with Crippen LogP contribution in [0.5, 0.6) is 5.75 Å². The minimum absolute atomic E-state index is 0.191. The van der Waals surface area contributed by atoms with Gasteiger partial charge in [-0.1, -0.05) is 0 Å². The zero-order chi connectivity index (χ0) is 18.2. The number of nitrogens with one attached hydrogen (secondary N) is 1. The number of benzene rings is 2. The highest BCUT2D eigenvalue weighted by Crippen LogP contribution is 2.14. The molecule has 0 heterocycles. The molecule has 2 rings (SSSR count). The van der Waals surface area contributed by atoms with E-state index in [1.54, 1.807) is 48.5 Å². The second-order valence-electron chi connectivity index (χ2n) is 5.22. The van der Waals surface area contributed by atoms with Gasteiger partial charge in [0.05, 0.1) is 12.2 Å². The molecule has 130 valence electrons. The number of anilines is 1. The van der Waals surface area contributed by atoms with Crippen LogP contribution in [0.3, 0.4) is 0 Å². The summed E-state index contributed by atoms with van der Waals surface area (Å²) in [4.78, 5) is 35.0. The van der Waals surface area contributed by atoms with Gasteiger partial charge in [0.2, 0.25) is 5.91 Å². The maximum Gasteiger partial charge on any atom is 0.338 e. The van der Waals surface area contributed by atoms with Gasteiger partial charge in [-0.2, -0.15) is 0 Å². The van der Waals surface area contributed by atoms with Crippen LogP contribution in [0, 0.1) is 0 Å².